The van der Waals surface area contributed by atoms with Gasteiger partial charge in [-0.15, -0.1) is 0 Å². The maximum atomic E-state index is 11.4. The Balaban J connectivity index is 2.44. The number of dihydropyridines is 1. The van der Waals surface area contributed by atoms with Crippen LogP contribution in [0.4, 0.5) is 0 Å². The lowest BCUT2D eigenvalue weighted by molar-refractivity contribution is -0.118. The number of allylic oxidation sites excluding steroid dienone is 1. The van der Waals surface area contributed by atoms with Gasteiger partial charge in [0.25, 0.3) is 5.91 Å². The van der Waals surface area contributed by atoms with E-state index in [-0.39, 0.29) is 5.91 Å². The van der Waals surface area contributed by atoms with Gasteiger partial charge in [0.05, 0.1) is 6.07 Å². The molecule has 0 fully saturated rings. The van der Waals surface area contributed by atoms with Gasteiger partial charge in [0.15, 0.2) is 5.92 Å². The Bertz CT molecular complexity index is 518. The van der Waals surface area contributed by atoms with Crippen LogP contribution >= 0.6 is 0 Å². The van der Waals surface area contributed by atoms with E-state index in [1.807, 2.05) is 37.3 Å². The molecule has 3 heteroatoms. The molecule has 0 bridgehead atoms. The maximum absolute atomic E-state index is 11.4. The summed E-state index contributed by atoms with van der Waals surface area (Å²) in [6.45, 7) is 1.99. The Morgan fingerprint density at radius 3 is 2.62 bits per heavy atom. The maximum Gasteiger partial charge on any atom is 0.267 e. The van der Waals surface area contributed by atoms with Crippen molar-refractivity contribution in [1.82, 2.24) is 0 Å². The Hall–Kier alpha value is -2.21. The van der Waals surface area contributed by atoms with E-state index in [1.54, 1.807) is 6.08 Å². The van der Waals surface area contributed by atoms with Crippen molar-refractivity contribution in [2.24, 2.45) is 10.9 Å². The third-order valence-corrected chi connectivity index (χ3v) is 2.53. The molecule has 3 nitrogen and oxygen atoms in total. The zero-order valence-corrected chi connectivity index (χ0v) is 8.84. The first kappa shape index (κ1) is 10.3. The van der Waals surface area contributed by atoms with Gasteiger partial charge in [-0.25, -0.2) is 4.99 Å². The quantitative estimate of drug-likeness (QED) is 0.713. The van der Waals surface area contributed by atoms with E-state index in [4.69, 9.17) is 5.26 Å². The normalized spacial score (nSPS) is 19.1. The molecule has 1 aromatic rings. The van der Waals surface area contributed by atoms with Crippen LogP contribution in [-0.2, 0) is 4.79 Å². The molecule has 1 aliphatic rings. The monoisotopic (exact) mass is 210 g/mol. The fraction of sp³-hybridized carbons (Fsp3) is 0.154. The molecule has 0 aliphatic carbocycles. The lowest BCUT2D eigenvalue weighted by Crippen LogP contribution is -2.15. The summed E-state index contributed by atoms with van der Waals surface area (Å²) >= 11 is 0. The van der Waals surface area contributed by atoms with E-state index in [1.165, 1.54) is 6.21 Å². The van der Waals surface area contributed by atoms with Crippen LogP contribution in [0.1, 0.15) is 11.1 Å². The molecule has 1 amide bonds. The van der Waals surface area contributed by atoms with E-state index in [0.717, 1.165) is 16.7 Å². The second kappa shape index (κ2) is 4.11. The number of hydrogen-bond acceptors (Lipinski definition) is 2. The predicted octanol–water partition coefficient (Wildman–Crippen LogP) is 2.13. The third-order valence-electron chi connectivity index (χ3n) is 2.53. The van der Waals surface area contributed by atoms with Crippen molar-refractivity contribution in [2.45, 2.75) is 6.92 Å². The Labute approximate surface area is 93.7 Å². The van der Waals surface area contributed by atoms with E-state index in [9.17, 15) is 4.79 Å². The topological polar surface area (TPSA) is 53.2 Å². The number of aliphatic imine (C=N–C) groups is 1. The van der Waals surface area contributed by atoms with E-state index >= 15 is 0 Å². The molecule has 1 aliphatic heterocycles. The van der Waals surface area contributed by atoms with Crippen LogP contribution < -0.4 is 0 Å². The average Bonchev–Trinajstić information content (AvgIpc) is 2.30. The fourth-order valence-corrected chi connectivity index (χ4v) is 1.63. The second-order valence-electron chi connectivity index (χ2n) is 3.67. The Morgan fingerprint density at radius 1 is 1.31 bits per heavy atom. The zero-order valence-electron chi connectivity index (χ0n) is 8.84. The van der Waals surface area contributed by atoms with Crippen LogP contribution in [0.2, 0.25) is 0 Å². The number of aryl methyl sites for hydroxylation is 1. The van der Waals surface area contributed by atoms with Gasteiger partial charge in [0, 0.05) is 6.21 Å². The van der Waals surface area contributed by atoms with E-state index in [2.05, 4.69) is 4.99 Å². The van der Waals surface area contributed by atoms with Crippen molar-refractivity contribution in [3.05, 3.63) is 41.5 Å². The molecule has 1 aromatic carbocycles. The summed E-state index contributed by atoms with van der Waals surface area (Å²) in [7, 11) is 0. The second-order valence-corrected chi connectivity index (χ2v) is 3.67. The molecule has 0 saturated heterocycles. The third kappa shape index (κ3) is 1.78. The van der Waals surface area contributed by atoms with Crippen LogP contribution in [-0.4, -0.2) is 12.1 Å². The van der Waals surface area contributed by atoms with Crippen LogP contribution in [0, 0.1) is 24.2 Å². The van der Waals surface area contributed by atoms with Crippen molar-refractivity contribution >= 4 is 17.7 Å². The van der Waals surface area contributed by atoms with E-state index < -0.39 is 5.92 Å². The molecule has 1 heterocycles. The van der Waals surface area contributed by atoms with Crippen molar-refractivity contribution < 1.29 is 4.79 Å². The number of hydrogen-bond donors (Lipinski definition) is 0. The number of carbonyl (C=O) groups excluding carboxylic acids is 1. The summed E-state index contributed by atoms with van der Waals surface area (Å²) in [5.74, 6) is -1.16. The molecule has 16 heavy (non-hydrogen) atoms. The summed E-state index contributed by atoms with van der Waals surface area (Å²) in [5, 5.41) is 8.96. The van der Waals surface area contributed by atoms with Gasteiger partial charge in [-0.05, 0) is 24.1 Å². The highest BCUT2D eigenvalue weighted by molar-refractivity contribution is 6.06. The minimum absolute atomic E-state index is 0.388. The van der Waals surface area contributed by atoms with Crippen LogP contribution in [0.5, 0.6) is 0 Å². The minimum atomic E-state index is -0.771. The first-order valence-electron chi connectivity index (χ1n) is 4.97. The fourth-order valence-electron chi connectivity index (χ4n) is 1.63. The molecule has 0 saturated carbocycles. The first-order chi connectivity index (χ1) is 7.72. The summed E-state index contributed by atoms with van der Waals surface area (Å²) in [6.07, 6.45) is 3.17. The SMILES string of the molecule is Cc1ccc(C2=CC=NC(=O)C2C#N)cc1. The van der Waals surface area contributed by atoms with Gasteiger partial charge in [0.2, 0.25) is 0 Å². The molecule has 2 rings (SSSR count). The van der Waals surface area contributed by atoms with Crippen molar-refractivity contribution in [1.29, 1.82) is 5.26 Å². The molecule has 0 spiro atoms. The number of carbonyl (C=O) groups is 1. The smallest absolute Gasteiger partial charge is 0.267 e. The van der Waals surface area contributed by atoms with Gasteiger partial charge in [-0.3, -0.25) is 4.79 Å². The number of amides is 1. The summed E-state index contributed by atoms with van der Waals surface area (Å²) in [4.78, 5) is 15.0. The number of nitriles is 1. The van der Waals surface area contributed by atoms with Crippen molar-refractivity contribution in [2.75, 3.05) is 0 Å². The van der Waals surface area contributed by atoms with Crippen molar-refractivity contribution in [3.8, 4) is 6.07 Å². The van der Waals surface area contributed by atoms with Crippen LogP contribution in [0.15, 0.2) is 35.3 Å². The van der Waals surface area contributed by atoms with Crippen molar-refractivity contribution in [3.63, 3.8) is 0 Å². The van der Waals surface area contributed by atoms with Gasteiger partial charge in [-0.1, -0.05) is 29.8 Å². The molecular weight excluding hydrogens is 200 g/mol. The minimum Gasteiger partial charge on any atom is -0.271 e. The first-order valence-corrected chi connectivity index (χ1v) is 4.97. The Kier molecular flexibility index (Phi) is 2.65. The number of nitrogens with zero attached hydrogens (tertiary/aromatic N) is 2. The predicted molar refractivity (Wildman–Crippen MR) is 61.8 cm³/mol. The summed E-state index contributed by atoms with van der Waals surface area (Å²) in [6, 6.07) is 9.73. The molecule has 1 atom stereocenters. The van der Waals surface area contributed by atoms with Gasteiger partial charge in [-0.2, -0.15) is 5.26 Å². The van der Waals surface area contributed by atoms with Gasteiger partial charge >= 0.3 is 0 Å². The molecule has 1 unspecified atom stereocenters. The largest absolute Gasteiger partial charge is 0.271 e. The average molecular weight is 210 g/mol. The highest BCUT2D eigenvalue weighted by atomic mass is 16.1. The molecule has 0 aromatic heterocycles. The molecular formula is C13H10N2O. The molecule has 78 valence electrons. The standard InChI is InChI=1S/C13H10N2O/c1-9-2-4-10(5-3-9)11-6-7-15-13(16)12(11)8-14/h2-7,12H,1H3. The van der Waals surface area contributed by atoms with E-state index in [0.29, 0.717) is 0 Å². The summed E-state index contributed by atoms with van der Waals surface area (Å²) < 4.78 is 0. The number of benzene rings is 1. The molecule has 0 N–H and O–H groups in total. The zero-order chi connectivity index (χ0) is 11.5. The Morgan fingerprint density at radius 2 is 2.00 bits per heavy atom. The lowest BCUT2D eigenvalue weighted by atomic mass is 9.91. The molecule has 0 radical (unpaired) electrons. The van der Waals surface area contributed by atoms with Crippen LogP contribution in [0.3, 0.4) is 0 Å². The van der Waals surface area contributed by atoms with Gasteiger partial charge in [0.1, 0.15) is 0 Å². The lowest BCUT2D eigenvalue weighted by Gasteiger charge is -2.13. The van der Waals surface area contributed by atoms with Crippen LogP contribution in [0.25, 0.3) is 5.57 Å². The summed E-state index contributed by atoms with van der Waals surface area (Å²) in [5.41, 5.74) is 2.77. The highest BCUT2D eigenvalue weighted by Crippen LogP contribution is 2.26. The van der Waals surface area contributed by atoms with Gasteiger partial charge < -0.3 is 0 Å². The highest BCUT2D eigenvalue weighted by Gasteiger charge is 2.24. The number of rotatable bonds is 1.